The van der Waals surface area contributed by atoms with Crippen molar-refractivity contribution in [2.75, 3.05) is 7.05 Å². The Hall–Kier alpha value is -1.72. The zero-order valence-electron chi connectivity index (χ0n) is 6.08. The maximum absolute atomic E-state index is 11.0. The number of rotatable bonds is 0. The Morgan fingerprint density at radius 3 is 1.75 bits per heavy atom. The molecule has 0 aromatic heterocycles. The van der Waals surface area contributed by atoms with Gasteiger partial charge in [0, 0.05) is 7.05 Å². The van der Waals surface area contributed by atoms with Crippen LogP contribution in [0.25, 0.3) is 0 Å². The molecule has 0 atom stereocenters. The molecule has 2 aliphatic heterocycles. The monoisotopic (exact) mass is 168 g/mol. The quantitative estimate of drug-likeness (QED) is 0.323. The number of amides is 4. The van der Waals surface area contributed by atoms with Crippen molar-refractivity contribution in [3.8, 4) is 0 Å². The topological polar surface area (TPSA) is 83.6 Å². The molecule has 4 amide bonds. The molecule has 62 valence electrons. The number of nitrogens with zero attached hydrogens (tertiary/aromatic N) is 1. The van der Waals surface area contributed by atoms with Crippen LogP contribution in [0.4, 0.5) is 0 Å². The van der Waals surface area contributed by atoms with E-state index in [-0.39, 0.29) is 0 Å². The van der Waals surface area contributed by atoms with Gasteiger partial charge in [0.15, 0.2) is 0 Å². The normalized spacial score (nSPS) is 25.2. The summed E-state index contributed by atoms with van der Waals surface area (Å²) in [6.45, 7) is 0. The number of hydrogen-bond acceptors (Lipinski definition) is 4. The van der Waals surface area contributed by atoms with E-state index in [1.807, 2.05) is 5.32 Å². The second-order valence-electron chi connectivity index (χ2n) is 2.70. The first kappa shape index (κ1) is 6.96. The molecule has 0 saturated carbocycles. The molecule has 0 radical (unpaired) electrons. The molecule has 0 aromatic rings. The lowest BCUT2D eigenvalue weighted by Gasteiger charge is -2.46. The molecule has 2 aliphatic rings. The first-order chi connectivity index (χ1) is 5.52. The third kappa shape index (κ3) is 0.373. The van der Waals surface area contributed by atoms with Gasteiger partial charge in [-0.15, -0.1) is 0 Å². The maximum atomic E-state index is 11.0. The van der Waals surface area contributed by atoms with Crippen LogP contribution >= 0.6 is 0 Å². The van der Waals surface area contributed by atoms with Gasteiger partial charge in [0.05, 0.1) is 0 Å². The molecule has 1 N–H and O–H groups in total. The van der Waals surface area contributed by atoms with E-state index in [4.69, 9.17) is 0 Å². The first-order valence-electron chi connectivity index (χ1n) is 3.21. The van der Waals surface area contributed by atoms with E-state index in [0.717, 1.165) is 4.90 Å². The van der Waals surface area contributed by atoms with Crippen molar-refractivity contribution in [2.45, 2.75) is 0 Å². The third-order valence-electron chi connectivity index (χ3n) is 2.16. The van der Waals surface area contributed by atoms with Gasteiger partial charge >= 0.3 is 0 Å². The Bertz CT molecular complexity index is 313. The lowest BCUT2D eigenvalue weighted by molar-refractivity contribution is -0.187. The molecule has 2 fully saturated rings. The summed E-state index contributed by atoms with van der Waals surface area (Å²) in [5, 5.41) is 1.83. The van der Waals surface area contributed by atoms with Crippen LogP contribution in [0.3, 0.4) is 0 Å². The number of nitrogens with one attached hydrogen (secondary N) is 1. The lowest BCUT2D eigenvalue weighted by Crippen LogP contribution is -2.82. The van der Waals surface area contributed by atoms with Crippen LogP contribution in [0.15, 0.2) is 0 Å². The molecule has 2 rings (SSSR count). The summed E-state index contributed by atoms with van der Waals surface area (Å²) in [7, 11) is 1.23. The predicted octanol–water partition coefficient (Wildman–Crippen LogP) is -2.37. The van der Waals surface area contributed by atoms with Gasteiger partial charge in [0.1, 0.15) is 0 Å². The Balaban J connectivity index is 2.47. The molecule has 0 aromatic carbocycles. The van der Waals surface area contributed by atoms with Gasteiger partial charge in [-0.25, -0.2) is 0 Å². The molecule has 12 heavy (non-hydrogen) atoms. The number of β-lactam (4-membered cyclic amide) rings is 4. The van der Waals surface area contributed by atoms with E-state index in [9.17, 15) is 19.2 Å². The molecule has 2 heterocycles. The van der Waals surface area contributed by atoms with E-state index >= 15 is 0 Å². The van der Waals surface area contributed by atoms with E-state index in [1.165, 1.54) is 7.05 Å². The Kier molecular flexibility index (Phi) is 0.897. The lowest BCUT2D eigenvalue weighted by atomic mass is 9.71. The highest BCUT2D eigenvalue weighted by Gasteiger charge is 2.76. The number of carbonyl (C=O) groups is 4. The predicted molar refractivity (Wildman–Crippen MR) is 33.4 cm³/mol. The second kappa shape index (κ2) is 1.55. The van der Waals surface area contributed by atoms with Crippen molar-refractivity contribution in [1.29, 1.82) is 0 Å². The molecule has 0 unspecified atom stereocenters. The Morgan fingerprint density at radius 2 is 1.50 bits per heavy atom. The minimum absolute atomic E-state index is 0.735. The van der Waals surface area contributed by atoms with Crippen LogP contribution in [0.2, 0.25) is 0 Å². The number of carbonyl (C=O) groups excluding carboxylic acids is 4. The van der Waals surface area contributed by atoms with Gasteiger partial charge < -0.3 is 0 Å². The van der Waals surface area contributed by atoms with Crippen LogP contribution in [-0.2, 0) is 19.2 Å². The van der Waals surface area contributed by atoms with E-state index in [2.05, 4.69) is 0 Å². The minimum Gasteiger partial charge on any atom is -0.293 e. The van der Waals surface area contributed by atoms with Gasteiger partial charge in [-0.2, -0.15) is 0 Å². The van der Waals surface area contributed by atoms with E-state index in [0.29, 0.717) is 0 Å². The standard InChI is InChI=1S/C6H4N2O4/c1-8-4(11)6(5(8)12)2(9)7-3(6)10/h1H3,(H,7,9,10). The molecule has 2 saturated heterocycles. The van der Waals surface area contributed by atoms with Crippen molar-refractivity contribution in [3.05, 3.63) is 0 Å². The molecule has 0 bridgehead atoms. The third-order valence-corrected chi connectivity index (χ3v) is 2.16. The van der Waals surface area contributed by atoms with Gasteiger partial charge in [-0.05, 0) is 0 Å². The van der Waals surface area contributed by atoms with Gasteiger partial charge in [0.2, 0.25) is 0 Å². The molecule has 6 heteroatoms. The Labute approximate surface area is 66.5 Å². The highest BCUT2D eigenvalue weighted by atomic mass is 16.2. The van der Waals surface area contributed by atoms with Crippen molar-refractivity contribution < 1.29 is 19.2 Å². The summed E-state index contributed by atoms with van der Waals surface area (Å²) in [6.07, 6.45) is 0. The summed E-state index contributed by atoms with van der Waals surface area (Å²) in [5.41, 5.74) is -1.99. The molecule has 1 spiro atoms. The smallest absolute Gasteiger partial charge is 0.284 e. The zero-order valence-corrected chi connectivity index (χ0v) is 6.08. The highest BCUT2D eigenvalue weighted by Crippen LogP contribution is 2.38. The Morgan fingerprint density at radius 1 is 1.08 bits per heavy atom. The van der Waals surface area contributed by atoms with Crippen LogP contribution in [0.1, 0.15) is 0 Å². The molecular formula is C6H4N2O4. The molecular weight excluding hydrogens is 164 g/mol. The first-order valence-corrected chi connectivity index (χ1v) is 3.21. The maximum Gasteiger partial charge on any atom is 0.284 e. The largest absolute Gasteiger partial charge is 0.293 e. The van der Waals surface area contributed by atoms with Crippen molar-refractivity contribution in [3.63, 3.8) is 0 Å². The average molecular weight is 168 g/mol. The highest BCUT2D eigenvalue weighted by molar-refractivity contribution is 6.52. The van der Waals surface area contributed by atoms with E-state index < -0.39 is 29.0 Å². The summed E-state index contributed by atoms with van der Waals surface area (Å²) in [6, 6.07) is 0. The van der Waals surface area contributed by atoms with Gasteiger partial charge in [-0.1, -0.05) is 0 Å². The second-order valence-corrected chi connectivity index (χ2v) is 2.70. The fourth-order valence-electron chi connectivity index (χ4n) is 1.35. The molecule has 6 nitrogen and oxygen atoms in total. The summed E-state index contributed by atoms with van der Waals surface area (Å²) in [4.78, 5) is 44.4. The SMILES string of the molecule is CN1C(=O)C2(C(=O)NC2=O)C1=O. The summed E-state index contributed by atoms with van der Waals surface area (Å²) in [5.74, 6) is -3.08. The fraction of sp³-hybridized carbons (Fsp3) is 0.333. The van der Waals surface area contributed by atoms with Gasteiger partial charge in [0.25, 0.3) is 29.0 Å². The van der Waals surface area contributed by atoms with Gasteiger partial charge in [-0.3, -0.25) is 29.4 Å². The van der Waals surface area contributed by atoms with Crippen molar-refractivity contribution >= 4 is 23.6 Å². The van der Waals surface area contributed by atoms with Crippen LogP contribution in [0, 0.1) is 5.41 Å². The minimum atomic E-state index is -1.99. The molecule has 0 aliphatic carbocycles. The summed E-state index contributed by atoms with van der Waals surface area (Å²) >= 11 is 0. The number of hydrogen-bond donors (Lipinski definition) is 1. The summed E-state index contributed by atoms with van der Waals surface area (Å²) < 4.78 is 0. The fourth-order valence-corrected chi connectivity index (χ4v) is 1.35. The zero-order chi connectivity index (χ0) is 9.09. The van der Waals surface area contributed by atoms with Crippen molar-refractivity contribution in [2.24, 2.45) is 5.41 Å². The van der Waals surface area contributed by atoms with Crippen LogP contribution in [0.5, 0.6) is 0 Å². The van der Waals surface area contributed by atoms with Crippen LogP contribution < -0.4 is 5.32 Å². The van der Waals surface area contributed by atoms with Crippen molar-refractivity contribution in [1.82, 2.24) is 10.2 Å². The average Bonchev–Trinajstić information content (AvgIpc) is 2.04. The van der Waals surface area contributed by atoms with E-state index in [1.54, 1.807) is 0 Å². The number of imide groups is 2. The van der Waals surface area contributed by atoms with Crippen LogP contribution in [-0.4, -0.2) is 35.6 Å². The number of likely N-dealkylation sites (tertiary alicyclic amines) is 1.